The minimum absolute atomic E-state index is 0.0538. The summed E-state index contributed by atoms with van der Waals surface area (Å²) >= 11 is 0. The van der Waals surface area contributed by atoms with Crippen LogP contribution in [0.3, 0.4) is 0 Å². The summed E-state index contributed by atoms with van der Waals surface area (Å²) < 4.78 is 3.85. The van der Waals surface area contributed by atoms with Crippen LogP contribution in [0.25, 0.3) is 0 Å². The highest BCUT2D eigenvalue weighted by Gasteiger charge is 2.30. The molecule has 0 radical (unpaired) electrons. The van der Waals surface area contributed by atoms with Gasteiger partial charge in [0.2, 0.25) is 0 Å². The first-order valence-electron chi connectivity index (χ1n) is 8.52. The molecule has 7 nitrogen and oxygen atoms in total. The molecule has 2 aromatic heterocycles. The zero-order chi connectivity index (χ0) is 17.3. The van der Waals surface area contributed by atoms with Gasteiger partial charge in [0.1, 0.15) is 0 Å². The van der Waals surface area contributed by atoms with Crippen LogP contribution in [0.1, 0.15) is 44.8 Å². The zero-order valence-corrected chi connectivity index (χ0v) is 14.8. The van der Waals surface area contributed by atoms with Gasteiger partial charge in [-0.2, -0.15) is 5.10 Å². The van der Waals surface area contributed by atoms with Gasteiger partial charge in [0, 0.05) is 38.7 Å². The molecule has 130 valence electrons. The number of nitrogens with one attached hydrogen (secondary N) is 1. The first-order valence-corrected chi connectivity index (χ1v) is 8.52. The third kappa shape index (κ3) is 3.29. The Bertz CT molecular complexity index is 690. The summed E-state index contributed by atoms with van der Waals surface area (Å²) in [6, 6.07) is 0.215. The SMILES string of the molecule is CC(C)c1nn(C)cc1NC(=O)N1CCC(C)C(n2ccnc2)C1. The van der Waals surface area contributed by atoms with Gasteiger partial charge in [-0.05, 0) is 18.3 Å². The number of anilines is 1. The van der Waals surface area contributed by atoms with Crippen molar-refractivity contribution in [2.45, 2.75) is 39.2 Å². The predicted octanol–water partition coefficient (Wildman–Crippen LogP) is 2.86. The summed E-state index contributed by atoms with van der Waals surface area (Å²) in [4.78, 5) is 18.8. The molecule has 0 aromatic carbocycles. The van der Waals surface area contributed by atoms with E-state index in [9.17, 15) is 4.79 Å². The fourth-order valence-electron chi connectivity index (χ4n) is 3.31. The molecule has 1 fully saturated rings. The summed E-state index contributed by atoms with van der Waals surface area (Å²) in [7, 11) is 1.87. The fourth-order valence-corrected chi connectivity index (χ4v) is 3.31. The Kier molecular flexibility index (Phi) is 4.59. The van der Waals surface area contributed by atoms with Gasteiger partial charge >= 0.3 is 6.03 Å². The van der Waals surface area contributed by atoms with Crippen LogP contribution in [0.2, 0.25) is 0 Å². The van der Waals surface area contributed by atoms with Crippen LogP contribution in [0.15, 0.2) is 24.9 Å². The smallest absolute Gasteiger partial charge is 0.322 e. The van der Waals surface area contributed by atoms with E-state index in [0.29, 0.717) is 12.5 Å². The van der Waals surface area contributed by atoms with E-state index in [4.69, 9.17) is 0 Å². The van der Waals surface area contributed by atoms with Crippen molar-refractivity contribution < 1.29 is 4.79 Å². The van der Waals surface area contributed by atoms with Crippen LogP contribution in [-0.4, -0.2) is 43.4 Å². The molecule has 2 unspecified atom stereocenters. The molecule has 1 N–H and O–H groups in total. The van der Waals surface area contributed by atoms with Crippen LogP contribution in [0.4, 0.5) is 10.5 Å². The van der Waals surface area contributed by atoms with Crippen molar-refractivity contribution in [2.75, 3.05) is 18.4 Å². The summed E-state index contributed by atoms with van der Waals surface area (Å²) in [5.74, 6) is 0.787. The average Bonchev–Trinajstić information content (AvgIpc) is 3.17. The van der Waals surface area contributed by atoms with Crippen LogP contribution in [-0.2, 0) is 7.05 Å². The van der Waals surface area contributed by atoms with Gasteiger partial charge in [-0.15, -0.1) is 0 Å². The van der Waals surface area contributed by atoms with Crippen molar-refractivity contribution in [1.29, 1.82) is 0 Å². The highest BCUT2D eigenvalue weighted by atomic mass is 16.2. The van der Waals surface area contributed by atoms with Crippen LogP contribution >= 0.6 is 0 Å². The Morgan fingerprint density at radius 3 is 2.88 bits per heavy atom. The summed E-state index contributed by atoms with van der Waals surface area (Å²) in [5.41, 5.74) is 1.72. The van der Waals surface area contributed by atoms with E-state index in [2.05, 4.69) is 40.7 Å². The van der Waals surface area contributed by atoms with E-state index in [0.717, 1.165) is 24.3 Å². The molecule has 0 spiro atoms. The lowest BCUT2D eigenvalue weighted by atomic mass is 9.93. The minimum Gasteiger partial charge on any atom is -0.332 e. The number of aromatic nitrogens is 4. The molecular weight excluding hydrogens is 304 g/mol. The first-order chi connectivity index (χ1) is 11.5. The molecule has 24 heavy (non-hydrogen) atoms. The number of hydrogen-bond acceptors (Lipinski definition) is 3. The highest BCUT2D eigenvalue weighted by molar-refractivity contribution is 5.90. The zero-order valence-electron chi connectivity index (χ0n) is 14.8. The largest absolute Gasteiger partial charge is 0.332 e. The molecule has 7 heteroatoms. The Morgan fingerprint density at radius 2 is 2.21 bits per heavy atom. The van der Waals surface area contributed by atoms with Gasteiger partial charge in [0.15, 0.2) is 0 Å². The van der Waals surface area contributed by atoms with Crippen LogP contribution in [0, 0.1) is 5.92 Å². The standard InChI is InChI=1S/C17H26N6O/c1-12(2)16-14(9-21(4)20-16)19-17(24)22-7-5-13(3)15(10-22)23-8-6-18-11-23/h6,8-9,11-13,15H,5,7,10H2,1-4H3,(H,19,24). The number of imidazole rings is 1. The Labute approximate surface area is 142 Å². The van der Waals surface area contributed by atoms with Crippen molar-refractivity contribution in [2.24, 2.45) is 13.0 Å². The van der Waals surface area contributed by atoms with E-state index in [1.807, 2.05) is 30.7 Å². The second kappa shape index (κ2) is 6.67. The molecule has 1 aliphatic heterocycles. The summed E-state index contributed by atoms with van der Waals surface area (Å²) in [5, 5.41) is 7.49. The maximum Gasteiger partial charge on any atom is 0.322 e. The first kappa shape index (κ1) is 16.5. The third-order valence-corrected chi connectivity index (χ3v) is 4.76. The number of rotatable bonds is 3. The number of hydrogen-bond donors (Lipinski definition) is 1. The molecule has 0 aliphatic carbocycles. The second-order valence-corrected chi connectivity index (χ2v) is 6.98. The molecule has 1 saturated heterocycles. The Morgan fingerprint density at radius 1 is 1.42 bits per heavy atom. The van der Waals surface area contributed by atoms with Crippen molar-refractivity contribution in [1.82, 2.24) is 24.2 Å². The molecule has 2 aromatic rings. The van der Waals surface area contributed by atoms with Crippen molar-refractivity contribution >= 4 is 11.7 Å². The topological polar surface area (TPSA) is 68.0 Å². The molecule has 0 saturated carbocycles. The van der Waals surface area contributed by atoms with E-state index in [1.54, 1.807) is 10.9 Å². The predicted molar refractivity (Wildman–Crippen MR) is 92.9 cm³/mol. The van der Waals surface area contributed by atoms with Gasteiger partial charge in [-0.1, -0.05) is 20.8 Å². The number of carbonyl (C=O) groups is 1. The lowest BCUT2D eigenvalue weighted by molar-refractivity contribution is 0.149. The quantitative estimate of drug-likeness (QED) is 0.941. The van der Waals surface area contributed by atoms with E-state index in [-0.39, 0.29) is 18.0 Å². The lowest BCUT2D eigenvalue weighted by Gasteiger charge is -2.37. The highest BCUT2D eigenvalue weighted by Crippen LogP contribution is 2.28. The number of urea groups is 1. The van der Waals surface area contributed by atoms with Gasteiger partial charge in [-0.3, -0.25) is 4.68 Å². The molecule has 1 aliphatic rings. The molecule has 2 atom stereocenters. The van der Waals surface area contributed by atoms with Crippen molar-refractivity contribution in [3.63, 3.8) is 0 Å². The van der Waals surface area contributed by atoms with Crippen LogP contribution in [0.5, 0.6) is 0 Å². The Balaban J connectivity index is 1.71. The summed E-state index contributed by atoms with van der Waals surface area (Å²) in [6.45, 7) is 7.86. The maximum absolute atomic E-state index is 12.7. The number of carbonyl (C=O) groups excluding carboxylic acids is 1. The van der Waals surface area contributed by atoms with E-state index >= 15 is 0 Å². The molecule has 2 amide bonds. The molecule has 0 bridgehead atoms. The monoisotopic (exact) mass is 330 g/mol. The van der Waals surface area contributed by atoms with Crippen LogP contribution < -0.4 is 5.32 Å². The third-order valence-electron chi connectivity index (χ3n) is 4.76. The average molecular weight is 330 g/mol. The van der Waals surface area contributed by atoms with Gasteiger partial charge in [-0.25, -0.2) is 9.78 Å². The normalized spacial score (nSPS) is 21.3. The molecular formula is C17H26N6O. The van der Waals surface area contributed by atoms with Crippen molar-refractivity contribution in [3.8, 4) is 0 Å². The molecule has 3 rings (SSSR count). The van der Waals surface area contributed by atoms with Gasteiger partial charge in [0.25, 0.3) is 0 Å². The number of nitrogens with zero attached hydrogens (tertiary/aromatic N) is 5. The molecule has 3 heterocycles. The second-order valence-electron chi connectivity index (χ2n) is 6.98. The number of piperidine rings is 1. The summed E-state index contributed by atoms with van der Waals surface area (Å²) in [6.07, 6.45) is 8.45. The van der Waals surface area contributed by atoms with Gasteiger partial charge in [0.05, 0.1) is 23.8 Å². The van der Waals surface area contributed by atoms with E-state index < -0.39 is 0 Å². The number of likely N-dealkylation sites (tertiary alicyclic amines) is 1. The number of aryl methyl sites for hydroxylation is 1. The van der Waals surface area contributed by atoms with Crippen molar-refractivity contribution in [3.05, 3.63) is 30.6 Å². The van der Waals surface area contributed by atoms with Gasteiger partial charge < -0.3 is 14.8 Å². The lowest BCUT2D eigenvalue weighted by Crippen LogP contribution is -2.45. The maximum atomic E-state index is 12.7. The number of amides is 2. The fraction of sp³-hybridized carbons (Fsp3) is 0.588. The minimum atomic E-state index is -0.0538. The van der Waals surface area contributed by atoms with E-state index in [1.165, 1.54) is 0 Å². The Hall–Kier alpha value is -2.31.